The van der Waals surface area contributed by atoms with Gasteiger partial charge in [0.25, 0.3) is 0 Å². The first-order valence-corrected chi connectivity index (χ1v) is 13.9. The zero-order chi connectivity index (χ0) is 28.8. The Morgan fingerprint density at radius 1 is 0.585 bits per heavy atom. The third-order valence-corrected chi connectivity index (χ3v) is 7.82. The van der Waals surface area contributed by atoms with Crippen molar-refractivity contribution >= 4 is 10.8 Å². The van der Waals surface area contributed by atoms with Crippen molar-refractivity contribution in [2.75, 3.05) is 61.7 Å². The molecule has 8 heteroatoms. The summed E-state index contributed by atoms with van der Waals surface area (Å²) in [5, 5.41) is 2.19. The van der Waals surface area contributed by atoms with E-state index in [2.05, 4.69) is 28.0 Å². The summed E-state index contributed by atoms with van der Waals surface area (Å²) >= 11 is 0. The van der Waals surface area contributed by atoms with Gasteiger partial charge in [0.2, 0.25) is 0 Å². The van der Waals surface area contributed by atoms with Crippen molar-refractivity contribution in [2.24, 2.45) is 0 Å². The van der Waals surface area contributed by atoms with Crippen LogP contribution in [0, 0.1) is 0 Å². The number of ether oxygens (including phenoxy) is 5. The van der Waals surface area contributed by atoms with Crippen LogP contribution in [0.15, 0.2) is 60.8 Å². The number of hydrogen-bond donors (Lipinski definition) is 0. The van der Waals surface area contributed by atoms with E-state index in [0.29, 0.717) is 29.4 Å². The van der Waals surface area contributed by atoms with Crippen LogP contribution in [-0.4, -0.2) is 76.5 Å². The molecule has 1 aliphatic heterocycles. The normalized spacial score (nSPS) is 14.2. The lowest BCUT2D eigenvalue weighted by Crippen LogP contribution is -2.45. The van der Waals surface area contributed by atoms with E-state index in [1.54, 1.807) is 35.5 Å². The minimum atomic E-state index is 0.647. The largest absolute Gasteiger partial charge is 0.496 e. The highest BCUT2D eigenvalue weighted by Crippen LogP contribution is 2.36. The Hall–Kier alpha value is -4.01. The topological polar surface area (TPSA) is 65.5 Å². The van der Waals surface area contributed by atoms with Crippen LogP contribution >= 0.6 is 0 Å². The number of nitrogens with zero attached hydrogens (tertiary/aromatic N) is 3. The van der Waals surface area contributed by atoms with E-state index in [1.165, 1.54) is 11.1 Å². The Balaban J connectivity index is 1.37. The van der Waals surface area contributed by atoms with E-state index < -0.39 is 0 Å². The van der Waals surface area contributed by atoms with Gasteiger partial charge in [-0.05, 0) is 46.8 Å². The molecule has 0 aliphatic carbocycles. The SMILES string of the molecule is COc1ccccc1CN1CCN(Cc2cnc(Cc3ccc(OC)c(OC)c3)c3cc(OC)c(OC)cc23)CC1. The van der Waals surface area contributed by atoms with Crippen LogP contribution in [0.5, 0.6) is 28.7 Å². The lowest BCUT2D eigenvalue weighted by molar-refractivity contribution is 0.121. The molecule has 2 heterocycles. The van der Waals surface area contributed by atoms with Crippen LogP contribution in [0.4, 0.5) is 0 Å². The Morgan fingerprint density at radius 2 is 1.15 bits per heavy atom. The van der Waals surface area contributed by atoms with E-state index in [-0.39, 0.29) is 0 Å². The van der Waals surface area contributed by atoms with Crippen LogP contribution < -0.4 is 23.7 Å². The number of aromatic nitrogens is 1. The average molecular weight is 558 g/mol. The van der Waals surface area contributed by atoms with E-state index in [4.69, 9.17) is 28.7 Å². The molecule has 1 aliphatic rings. The molecule has 0 saturated carbocycles. The smallest absolute Gasteiger partial charge is 0.161 e. The Labute approximate surface area is 242 Å². The molecule has 0 radical (unpaired) electrons. The third kappa shape index (κ3) is 6.34. The molecular weight excluding hydrogens is 518 g/mol. The van der Waals surface area contributed by atoms with Gasteiger partial charge in [-0.15, -0.1) is 0 Å². The molecular formula is C33H39N3O5. The predicted octanol–water partition coefficient (Wildman–Crippen LogP) is 5.19. The fraction of sp³-hybridized carbons (Fsp3) is 0.364. The Bertz CT molecular complexity index is 1480. The van der Waals surface area contributed by atoms with Crippen LogP contribution in [-0.2, 0) is 19.5 Å². The summed E-state index contributed by atoms with van der Waals surface area (Å²) in [5.41, 5.74) is 4.46. The summed E-state index contributed by atoms with van der Waals surface area (Å²) in [6, 6.07) is 18.4. The van der Waals surface area contributed by atoms with Gasteiger partial charge in [-0.2, -0.15) is 0 Å². The molecule has 0 bridgehead atoms. The van der Waals surface area contributed by atoms with Crippen molar-refractivity contribution in [2.45, 2.75) is 19.5 Å². The van der Waals surface area contributed by atoms with Crippen LogP contribution in [0.25, 0.3) is 10.8 Å². The van der Waals surface area contributed by atoms with Gasteiger partial charge in [0.15, 0.2) is 23.0 Å². The molecule has 0 N–H and O–H groups in total. The number of piperazine rings is 1. The second-order valence-corrected chi connectivity index (χ2v) is 10.2. The minimum absolute atomic E-state index is 0.647. The van der Waals surface area contributed by atoms with Crippen LogP contribution in [0.2, 0.25) is 0 Å². The lowest BCUT2D eigenvalue weighted by atomic mass is 9.99. The maximum Gasteiger partial charge on any atom is 0.161 e. The first-order chi connectivity index (χ1) is 20.1. The Morgan fingerprint density at radius 3 is 1.78 bits per heavy atom. The van der Waals surface area contributed by atoms with Gasteiger partial charge in [-0.3, -0.25) is 14.8 Å². The van der Waals surface area contributed by atoms with Crippen LogP contribution in [0.3, 0.4) is 0 Å². The molecule has 216 valence electrons. The van der Waals surface area contributed by atoms with Gasteiger partial charge in [-0.1, -0.05) is 24.3 Å². The van der Waals surface area contributed by atoms with Crippen molar-refractivity contribution in [3.63, 3.8) is 0 Å². The summed E-state index contributed by atoms with van der Waals surface area (Å²) in [6.07, 6.45) is 2.67. The summed E-state index contributed by atoms with van der Waals surface area (Å²) < 4.78 is 27.9. The van der Waals surface area contributed by atoms with E-state index in [1.807, 2.05) is 42.6 Å². The predicted molar refractivity (Wildman–Crippen MR) is 161 cm³/mol. The maximum atomic E-state index is 5.69. The second-order valence-electron chi connectivity index (χ2n) is 10.2. The lowest BCUT2D eigenvalue weighted by Gasteiger charge is -2.35. The molecule has 41 heavy (non-hydrogen) atoms. The van der Waals surface area contributed by atoms with Crippen LogP contribution in [0.1, 0.15) is 22.4 Å². The first kappa shape index (κ1) is 28.5. The zero-order valence-corrected chi connectivity index (χ0v) is 24.6. The van der Waals surface area contributed by atoms with Gasteiger partial charge in [0.1, 0.15) is 5.75 Å². The number of methoxy groups -OCH3 is 5. The summed E-state index contributed by atoms with van der Waals surface area (Å²) in [6.45, 7) is 5.67. The highest BCUT2D eigenvalue weighted by molar-refractivity contribution is 5.90. The highest BCUT2D eigenvalue weighted by Gasteiger charge is 2.21. The standard InChI is InChI=1S/C33H39N3O5/c1-37-29-9-7-6-8-24(29)21-35-12-14-36(15-13-35)22-25-20-34-28(16-23-10-11-30(38-2)31(17-23)39-3)27-19-33(41-5)32(40-4)18-26(25)27/h6-11,17-20H,12-16,21-22H2,1-5H3. The monoisotopic (exact) mass is 557 g/mol. The number of rotatable bonds is 11. The van der Waals surface area contributed by atoms with Crippen molar-refractivity contribution < 1.29 is 23.7 Å². The van der Waals surface area contributed by atoms with E-state index in [9.17, 15) is 0 Å². The fourth-order valence-corrected chi connectivity index (χ4v) is 5.55. The van der Waals surface area contributed by atoms with Gasteiger partial charge in [0, 0.05) is 62.8 Å². The molecule has 0 atom stereocenters. The van der Waals surface area contributed by atoms with Gasteiger partial charge < -0.3 is 23.7 Å². The van der Waals surface area contributed by atoms with Crippen molar-refractivity contribution in [3.05, 3.63) is 83.2 Å². The molecule has 0 spiro atoms. The summed E-state index contributed by atoms with van der Waals surface area (Å²) in [5.74, 6) is 3.77. The summed E-state index contributed by atoms with van der Waals surface area (Å²) in [4.78, 5) is 9.96. The first-order valence-electron chi connectivity index (χ1n) is 13.9. The van der Waals surface area contributed by atoms with Gasteiger partial charge in [0.05, 0.1) is 41.2 Å². The molecule has 8 nitrogen and oxygen atoms in total. The minimum Gasteiger partial charge on any atom is -0.496 e. The second kappa shape index (κ2) is 13.1. The molecule has 5 rings (SSSR count). The number of benzene rings is 3. The average Bonchev–Trinajstić information content (AvgIpc) is 3.02. The fourth-order valence-electron chi connectivity index (χ4n) is 5.55. The molecule has 1 fully saturated rings. The molecule has 0 amide bonds. The van der Waals surface area contributed by atoms with Gasteiger partial charge in [-0.25, -0.2) is 0 Å². The molecule has 0 unspecified atom stereocenters. The number of hydrogen-bond acceptors (Lipinski definition) is 8. The molecule has 4 aromatic rings. The number of para-hydroxylation sites is 1. The molecule has 1 aromatic heterocycles. The third-order valence-electron chi connectivity index (χ3n) is 7.82. The maximum absolute atomic E-state index is 5.69. The van der Waals surface area contributed by atoms with Gasteiger partial charge >= 0.3 is 0 Å². The summed E-state index contributed by atoms with van der Waals surface area (Å²) in [7, 11) is 8.37. The van der Waals surface area contributed by atoms with Crippen molar-refractivity contribution in [1.82, 2.24) is 14.8 Å². The molecule has 3 aromatic carbocycles. The number of fused-ring (bicyclic) bond motifs is 1. The van der Waals surface area contributed by atoms with Crippen molar-refractivity contribution in [1.29, 1.82) is 0 Å². The highest BCUT2D eigenvalue weighted by atomic mass is 16.5. The van der Waals surface area contributed by atoms with E-state index >= 15 is 0 Å². The van der Waals surface area contributed by atoms with E-state index in [0.717, 1.165) is 67.0 Å². The quantitative estimate of drug-likeness (QED) is 0.250. The van der Waals surface area contributed by atoms with Crippen molar-refractivity contribution in [3.8, 4) is 28.7 Å². The number of pyridine rings is 1. The zero-order valence-electron chi connectivity index (χ0n) is 24.6. The molecule has 1 saturated heterocycles. The Kier molecular flexibility index (Phi) is 9.11.